The molecule has 1 aromatic heterocycles. The highest BCUT2D eigenvalue weighted by molar-refractivity contribution is 6.07. The number of hydrogen-bond donors (Lipinski definition) is 1. The second-order valence-corrected chi connectivity index (χ2v) is 7.89. The molecule has 2 aromatic rings. The number of ether oxygens (including phenoxy) is 1. The van der Waals surface area contributed by atoms with E-state index in [2.05, 4.69) is 16.3 Å². The van der Waals surface area contributed by atoms with Gasteiger partial charge in [0.05, 0.1) is 18.3 Å². The van der Waals surface area contributed by atoms with Crippen LogP contribution in [0.2, 0.25) is 0 Å². The lowest BCUT2D eigenvalue weighted by Gasteiger charge is -2.35. The molecule has 3 atom stereocenters. The number of morpholine rings is 1. The Hall–Kier alpha value is -1.85. The molecular formula is C20H25N3O2. The van der Waals surface area contributed by atoms with Crippen LogP contribution in [0.3, 0.4) is 0 Å². The summed E-state index contributed by atoms with van der Waals surface area (Å²) in [4.78, 5) is 15.4. The van der Waals surface area contributed by atoms with Gasteiger partial charge in [-0.3, -0.25) is 9.69 Å². The van der Waals surface area contributed by atoms with Gasteiger partial charge in [0, 0.05) is 49.3 Å². The molecule has 2 saturated heterocycles. The number of nitrogens with zero attached hydrogens (tertiary/aromatic N) is 2. The van der Waals surface area contributed by atoms with E-state index in [1.165, 1.54) is 12.8 Å². The molecule has 1 N–H and O–H groups in total. The van der Waals surface area contributed by atoms with Crippen molar-refractivity contribution in [1.82, 2.24) is 14.8 Å². The fourth-order valence-corrected chi connectivity index (χ4v) is 4.54. The van der Waals surface area contributed by atoms with Gasteiger partial charge in [0.2, 0.25) is 0 Å². The minimum atomic E-state index is 0.0429. The van der Waals surface area contributed by atoms with E-state index in [4.69, 9.17) is 4.74 Å². The number of hydrogen-bond acceptors (Lipinski definition) is 3. The predicted octanol–water partition coefficient (Wildman–Crippen LogP) is 2.16. The van der Waals surface area contributed by atoms with Crippen LogP contribution >= 0.6 is 0 Å². The van der Waals surface area contributed by atoms with Crippen LogP contribution in [0.15, 0.2) is 30.5 Å². The normalized spacial score (nSPS) is 29.7. The van der Waals surface area contributed by atoms with Crippen LogP contribution in [0.1, 0.15) is 29.6 Å². The molecule has 0 spiro atoms. The largest absolute Gasteiger partial charge is 0.375 e. The molecule has 3 aliphatic rings. The van der Waals surface area contributed by atoms with Gasteiger partial charge >= 0.3 is 0 Å². The van der Waals surface area contributed by atoms with Gasteiger partial charge < -0.3 is 14.6 Å². The summed E-state index contributed by atoms with van der Waals surface area (Å²) in [5.41, 5.74) is 1.87. The van der Waals surface area contributed by atoms with Crippen molar-refractivity contribution in [2.45, 2.75) is 37.5 Å². The Balaban J connectivity index is 1.28. The van der Waals surface area contributed by atoms with Gasteiger partial charge in [0.15, 0.2) is 0 Å². The molecule has 3 fully saturated rings. The van der Waals surface area contributed by atoms with E-state index in [1.807, 2.05) is 36.0 Å². The van der Waals surface area contributed by atoms with E-state index >= 15 is 0 Å². The van der Waals surface area contributed by atoms with Gasteiger partial charge in [-0.1, -0.05) is 18.2 Å². The van der Waals surface area contributed by atoms with E-state index < -0.39 is 0 Å². The highest BCUT2D eigenvalue weighted by Crippen LogP contribution is 2.38. The summed E-state index contributed by atoms with van der Waals surface area (Å²) in [5, 5.41) is 4.29. The van der Waals surface area contributed by atoms with Crippen LogP contribution in [-0.2, 0) is 11.8 Å². The maximum atomic E-state index is 12.8. The lowest BCUT2D eigenvalue weighted by atomic mass is 10.1. The zero-order valence-corrected chi connectivity index (χ0v) is 14.6. The Kier molecular flexibility index (Phi) is 3.61. The molecular weight excluding hydrogens is 314 g/mol. The van der Waals surface area contributed by atoms with Crippen molar-refractivity contribution in [3.63, 3.8) is 0 Å². The number of carbonyl (C=O) groups excluding carboxylic acids is 1. The molecule has 1 amide bonds. The quantitative estimate of drug-likeness (QED) is 0.932. The van der Waals surface area contributed by atoms with E-state index in [-0.39, 0.29) is 11.9 Å². The molecule has 132 valence electrons. The lowest BCUT2D eigenvalue weighted by molar-refractivity contribution is -0.0581. The highest BCUT2D eigenvalue weighted by atomic mass is 16.5. The molecule has 2 aliphatic heterocycles. The summed E-state index contributed by atoms with van der Waals surface area (Å²) < 4.78 is 8.08. The third kappa shape index (κ3) is 2.75. The molecule has 1 saturated carbocycles. The zero-order valence-electron chi connectivity index (χ0n) is 14.6. The van der Waals surface area contributed by atoms with Crippen molar-refractivity contribution in [2.24, 2.45) is 13.0 Å². The van der Waals surface area contributed by atoms with Crippen LogP contribution in [0.25, 0.3) is 10.9 Å². The molecule has 1 aliphatic carbocycles. The standard InChI is InChI=1S/C20H25N3O2/c1-22-10-17(16-4-2-3-5-18(16)22)20(24)21-14-8-15-12-25-19(13-6-7-13)11-23(15)9-14/h2-5,10,13-15,19H,6-9,11-12H2,1H3,(H,21,24)/t14-,15+,19-/m1/s1. The smallest absolute Gasteiger partial charge is 0.253 e. The first-order chi connectivity index (χ1) is 12.2. The topological polar surface area (TPSA) is 46.5 Å². The second kappa shape index (κ2) is 5.85. The number of amides is 1. The van der Waals surface area contributed by atoms with Crippen LogP contribution in [0.5, 0.6) is 0 Å². The van der Waals surface area contributed by atoms with Gasteiger partial charge in [0.25, 0.3) is 5.91 Å². The summed E-state index contributed by atoms with van der Waals surface area (Å²) in [6.45, 7) is 2.81. The maximum Gasteiger partial charge on any atom is 0.253 e. The van der Waals surface area contributed by atoms with Gasteiger partial charge in [-0.15, -0.1) is 0 Å². The van der Waals surface area contributed by atoms with Crippen LogP contribution in [-0.4, -0.2) is 53.3 Å². The molecule has 3 heterocycles. The Labute approximate surface area is 147 Å². The van der Waals surface area contributed by atoms with Gasteiger partial charge in [-0.05, 0) is 31.2 Å². The summed E-state index contributed by atoms with van der Waals surface area (Å²) in [5.74, 6) is 0.826. The number of aryl methyl sites for hydroxylation is 1. The average Bonchev–Trinajstić information content (AvgIpc) is 3.31. The second-order valence-electron chi connectivity index (χ2n) is 7.89. The molecule has 25 heavy (non-hydrogen) atoms. The summed E-state index contributed by atoms with van der Waals surface area (Å²) in [7, 11) is 1.99. The fraction of sp³-hybridized carbons (Fsp3) is 0.550. The van der Waals surface area contributed by atoms with Crippen molar-refractivity contribution in [2.75, 3.05) is 19.7 Å². The number of para-hydroxylation sites is 1. The van der Waals surface area contributed by atoms with Crippen LogP contribution < -0.4 is 5.32 Å². The van der Waals surface area contributed by atoms with Crippen molar-refractivity contribution in [1.29, 1.82) is 0 Å². The van der Waals surface area contributed by atoms with Gasteiger partial charge in [0.1, 0.15) is 0 Å². The third-order valence-electron chi connectivity index (χ3n) is 6.07. The van der Waals surface area contributed by atoms with E-state index in [0.717, 1.165) is 48.5 Å². The Bertz CT molecular complexity index is 810. The molecule has 1 aromatic carbocycles. The van der Waals surface area contributed by atoms with Crippen molar-refractivity contribution >= 4 is 16.8 Å². The zero-order chi connectivity index (χ0) is 17.0. The molecule has 5 nitrogen and oxygen atoms in total. The highest BCUT2D eigenvalue weighted by Gasteiger charge is 2.42. The molecule has 0 radical (unpaired) electrons. The number of aromatic nitrogens is 1. The first kappa shape index (κ1) is 15.4. The van der Waals surface area contributed by atoms with Gasteiger partial charge in [-0.2, -0.15) is 0 Å². The Morgan fingerprint density at radius 3 is 2.92 bits per heavy atom. The fourth-order valence-electron chi connectivity index (χ4n) is 4.54. The summed E-state index contributed by atoms with van der Waals surface area (Å²) in [6.07, 6.45) is 6.00. The first-order valence-corrected chi connectivity index (χ1v) is 9.39. The van der Waals surface area contributed by atoms with Crippen LogP contribution in [0.4, 0.5) is 0 Å². The Morgan fingerprint density at radius 1 is 1.24 bits per heavy atom. The molecule has 5 rings (SSSR count). The number of benzene rings is 1. The van der Waals surface area contributed by atoms with Crippen molar-refractivity contribution in [3.8, 4) is 0 Å². The summed E-state index contributed by atoms with van der Waals surface area (Å²) in [6, 6.07) is 8.76. The molecule has 5 heteroatoms. The monoisotopic (exact) mass is 339 g/mol. The average molecular weight is 339 g/mol. The van der Waals surface area contributed by atoms with Crippen LogP contribution in [0, 0.1) is 5.92 Å². The summed E-state index contributed by atoms with van der Waals surface area (Å²) >= 11 is 0. The van der Waals surface area contributed by atoms with Crippen molar-refractivity contribution in [3.05, 3.63) is 36.0 Å². The van der Waals surface area contributed by atoms with Gasteiger partial charge in [-0.25, -0.2) is 0 Å². The number of carbonyl (C=O) groups is 1. The third-order valence-corrected chi connectivity index (χ3v) is 6.07. The SMILES string of the molecule is Cn1cc(C(=O)N[C@@H]2C[C@H]3CO[C@@H](C4CC4)CN3C2)c2ccccc21. The maximum absolute atomic E-state index is 12.8. The minimum absolute atomic E-state index is 0.0429. The number of rotatable bonds is 3. The predicted molar refractivity (Wildman–Crippen MR) is 96.6 cm³/mol. The first-order valence-electron chi connectivity index (χ1n) is 9.39. The molecule has 0 unspecified atom stereocenters. The molecule has 0 bridgehead atoms. The number of fused-ring (bicyclic) bond motifs is 2. The lowest BCUT2D eigenvalue weighted by Crippen LogP contribution is -2.47. The minimum Gasteiger partial charge on any atom is -0.375 e. The van der Waals surface area contributed by atoms with E-state index in [1.54, 1.807) is 0 Å². The van der Waals surface area contributed by atoms with E-state index in [0.29, 0.717) is 12.1 Å². The van der Waals surface area contributed by atoms with E-state index in [9.17, 15) is 4.79 Å². The number of nitrogens with one attached hydrogen (secondary N) is 1. The Morgan fingerprint density at radius 2 is 2.08 bits per heavy atom. The van der Waals surface area contributed by atoms with Crippen molar-refractivity contribution < 1.29 is 9.53 Å².